The molecule has 0 bridgehead atoms. The third kappa shape index (κ3) is 3.87. The summed E-state index contributed by atoms with van der Waals surface area (Å²) in [6, 6.07) is 7.93. The lowest BCUT2D eigenvalue weighted by atomic mass is 9.87. The molecule has 0 saturated heterocycles. The molecule has 1 spiro atoms. The largest absolute Gasteiger partial charge is 0.383 e. The average molecular weight is 484 g/mol. The fourth-order valence-electron chi connectivity index (χ4n) is 5.39. The van der Waals surface area contributed by atoms with Crippen LogP contribution in [0.4, 0.5) is 11.4 Å². The van der Waals surface area contributed by atoms with Gasteiger partial charge in [0.25, 0.3) is 5.91 Å². The van der Waals surface area contributed by atoms with Crippen molar-refractivity contribution in [3.8, 4) is 22.5 Å². The number of ether oxygens (including phenoxy) is 1. The number of methoxy groups -OCH3 is 1. The molecule has 3 aliphatic rings. The first-order chi connectivity index (χ1) is 17.5. The van der Waals surface area contributed by atoms with Crippen LogP contribution in [0.5, 0.6) is 0 Å². The summed E-state index contributed by atoms with van der Waals surface area (Å²) < 4.78 is 5.13. The number of carbonyl (C=O) groups is 2. The van der Waals surface area contributed by atoms with E-state index in [0.29, 0.717) is 18.8 Å². The van der Waals surface area contributed by atoms with Crippen molar-refractivity contribution in [3.05, 3.63) is 65.5 Å². The lowest BCUT2D eigenvalue weighted by Gasteiger charge is -2.24. The normalized spacial score (nSPS) is 16.4. The number of fused-ring (bicyclic) bond motifs is 5. The van der Waals surface area contributed by atoms with Crippen LogP contribution in [-0.2, 0) is 28.8 Å². The fourth-order valence-corrected chi connectivity index (χ4v) is 5.39. The predicted molar refractivity (Wildman–Crippen MR) is 139 cm³/mol. The second-order valence-electron chi connectivity index (χ2n) is 9.84. The van der Waals surface area contributed by atoms with Crippen LogP contribution >= 0.6 is 0 Å². The van der Waals surface area contributed by atoms with Gasteiger partial charge < -0.3 is 25.7 Å². The molecule has 0 atom stereocenters. The average Bonchev–Trinajstić information content (AvgIpc) is 3.50. The van der Waals surface area contributed by atoms with Gasteiger partial charge in [0, 0.05) is 48.6 Å². The minimum Gasteiger partial charge on any atom is -0.383 e. The molecule has 3 aromatic rings. The monoisotopic (exact) mass is 483 g/mol. The molecule has 6 rings (SSSR count). The molecular formula is C28H29N5O3. The van der Waals surface area contributed by atoms with Crippen LogP contribution in [0, 0.1) is 0 Å². The van der Waals surface area contributed by atoms with Crippen molar-refractivity contribution in [3.63, 3.8) is 0 Å². The molecule has 8 heteroatoms. The maximum absolute atomic E-state index is 13.0. The van der Waals surface area contributed by atoms with E-state index in [1.165, 1.54) is 11.6 Å². The molecule has 2 aliphatic carbocycles. The number of rotatable bonds is 7. The molecule has 0 radical (unpaired) electrons. The molecule has 1 saturated carbocycles. The molecule has 0 unspecified atom stereocenters. The lowest BCUT2D eigenvalue weighted by Crippen LogP contribution is -2.43. The summed E-state index contributed by atoms with van der Waals surface area (Å²) in [6.07, 6.45) is 7.83. The molecule has 2 amide bonds. The van der Waals surface area contributed by atoms with Crippen LogP contribution < -0.4 is 16.0 Å². The number of hydrogen-bond donors (Lipinski definition) is 4. The maximum Gasteiger partial charge on any atom is 0.253 e. The lowest BCUT2D eigenvalue weighted by molar-refractivity contribution is -0.111. The second-order valence-corrected chi connectivity index (χ2v) is 9.84. The van der Waals surface area contributed by atoms with Crippen LogP contribution in [0.3, 0.4) is 0 Å². The van der Waals surface area contributed by atoms with Crippen LogP contribution in [0.15, 0.2) is 43.1 Å². The van der Waals surface area contributed by atoms with Crippen molar-refractivity contribution in [1.82, 2.24) is 15.3 Å². The van der Waals surface area contributed by atoms with Crippen molar-refractivity contribution >= 4 is 23.2 Å². The highest BCUT2D eigenvalue weighted by molar-refractivity contribution is 6.02. The number of aromatic amines is 1. The molecule has 4 N–H and O–H groups in total. The number of anilines is 2. The summed E-state index contributed by atoms with van der Waals surface area (Å²) in [5.41, 5.74) is 9.41. The van der Waals surface area contributed by atoms with E-state index in [1.807, 2.05) is 24.4 Å². The minimum atomic E-state index is -0.284. The number of H-pyrrole nitrogens is 1. The predicted octanol–water partition coefficient (Wildman–Crippen LogP) is 3.84. The topological polar surface area (TPSA) is 108 Å². The molecule has 3 heterocycles. The van der Waals surface area contributed by atoms with Gasteiger partial charge in [-0.05, 0) is 61.1 Å². The van der Waals surface area contributed by atoms with Crippen LogP contribution in [0.2, 0.25) is 0 Å². The second kappa shape index (κ2) is 8.64. The Morgan fingerprint density at radius 3 is 2.89 bits per heavy atom. The first-order valence-electron chi connectivity index (χ1n) is 12.4. The summed E-state index contributed by atoms with van der Waals surface area (Å²) in [4.78, 5) is 33.4. The Labute approximate surface area is 209 Å². The van der Waals surface area contributed by atoms with Crippen LogP contribution in [0.25, 0.3) is 22.5 Å². The summed E-state index contributed by atoms with van der Waals surface area (Å²) in [7, 11) is 1.65. The van der Waals surface area contributed by atoms with Gasteiger partial charge in [0.15, 0.2) is 0 Å². The van der Waals surface area contributed by atoms with E-state index in [-0.39, 0.29) is 17.4 Å². The molecule has 1 aromatic carbocycles. The van der Waals surface area contributed by atoms with Crippen molar-refractivity contribution < 1.29 is 14.3 Å². The van der Waals surface area contributed by atoms with Crippen molar-refractivity contribution in [2.45, 2.75) is 37.6 Å². The van der Waals surface area contributed by atoms with E-state index in [9.17, 15) is 9.59 Å². The Morgan fingerprint density at radius 1 is 1.25 bits per heavy atom. The summed E-state index contributed by atoms with van der Waals surface area (Å²) in [5, 5.41) is 9.42. The van der Waals surface area contributed by atoms with Crippen LogP contribution in [0.1, 0.15) is 40.0 Å². The van der Waals surface area contributed by atoms with E-state index < -0.39 is 0 Å². The Kier molecular flexibility index (Phi) is 5.41. The maximum atomic E-state index is 13.0. The van der Waals surface area contributed by atoms with E-state index in [2.05, 4.69) is 33.6 Å². The number of pyridine rings is 1. The van der Waals surface area contributed by atoms with Gasteiger partial charge in [0.2, 0.25) is 5.91 Å². The molecular weight excluding hydrogens is 454 g/mol. The molecule has 184 valence electrons. The first-order valence-corrected chi connectivity index (χ1v) is 12.4. The third-order valence-corrected chi connectivity index (χ3v) is 7.44. The van der Waals surface area contributed by atoms with Gasteiger partial charge in [0.05, 0.1) is 34.9 Å². The number of nitrogens with zero attached hydrogens (tertiary/aromatic N) is 1. The number of amides is 2. The van der Waals surface area contributed by atoms with Gasteiger partial charge in [-0.1, -0.05) is 12.6 Å². The molecule has 1 aliphatic heterocycles. The first kappa shape index (κ1) is 22.5. The molecule has 2 aromatic heterocycles. The Morgan fingerprint density at radius 2 is 2.11 bits per heavy atom. The zero-order chi connectivity index (χ0) is 24.9. The van der Waals surface area contributed by atoms with E-state index in [0.717, 1.165) is 77.1 Å². The molecule has 8 nitrogen and oxygen atoms in total. The van der Waals surface area contributed by atoms with Gasteiger partial charge in [-0.25, -0.2) is 0 Å². The fraction of sp³-hybridized carbons (Fsp3) is 0.321. The third-order valence-electron chi connectivity index (χ3n) is 7.44. The Balaban J connectivity index is 1.37. The number of aryl methyl sites for hydroxylation is 1. The summed E-state index contributed by atoms with van der Waals surface area (Å²) in [5.74, 6) is -0.225. The highest BCUT2D eigenvalue weighted by atomic mass is 16.5. The number of aromatic nitrogens is 2. The highest BCUT2D eigenvalue weighted by Gasteiger charge is 2.49. The van der Waals surface area contributed by atoms with Gasteiger partial charge in [-0.15, -0.1) is 0 Å². The van der Waals surface area contributed by atoms with E-state index >= 15 is 0 Å². The zero-order valence-electron chi connectivity index (χ0n) is 20.3. The van der Waals surface area contributed by atoms with E-state index in [4.69, 9.17) is 9.72 Å². The van der Waals surface area contributed by atoms with Gasteiger partial charge in [-0.2, -0.15) is 0 Å². The van der Waals surface area contributed by atoms with E-state index in [1.54, 1.807) is 7.11 Å². The SMILES string of the molecule is C=CC(=O)Nc1cc(-c2cc3c(cn2)CCc2c-3[nH]c3c2C(=O)NC2(CC2)C3)ccc1NCCOC. The van der Waals surface area contributed by atoms with Gasteiger partial charge >= 0.3 is 0 Å². The Bertz CT molecular complexity index is 1400. The highest BCUT2D eigenvalue weighted by Crippen LogP contribution is 2.45. The number of carbonyl (C=O) groups excluding carboxylic acids is 2. The number of hydrogen-bond acceptors (Lipinski definition) is 5. The Hall–Kier alpha value is -3.91. The molecule has 1 fully saturated rings. The summed E-state index contributed by atoms with van der Waals surface area (Å²) >= 11 is 0. The van der Waals surface area contributed by atoms with Gasteiger partial charge in [-0.3, -0.25) is 14.6 Å². The zero-order valence-corrected chi connectivity index (χ0v) is 20.3. The van der Waals surface area contributed by atoms with Crippen molar-refractivity contribution in [2.75, 3.05) is 30.9 Å². The van der Waals surface area contributed by atoms with Crippen molar-refractivity contribution in [1.29, 1.82) is 0 Å². The number of benzene rings is 1. The van der Waals surface area contributed by atoms with Crippen molar-refractivity contribution in [2.24, 2.45) is 0 Å². The molecule has 36 heavy (non-hydrogen) atoms. The van der Waals surface area contributed by atoms with Crippen LogP contribution in [-0.4, -0.2) is 47.6 Å². The standard InChI is InChI=1S/C28H29N5O3/c1-3-24(34)31-22-12-16(5-7-20(22)29-10-11-36-2)21-13-19-17(15-30-21)4-6-18-25-23(32-26(18)19)14-28(8-9-28)33-27(25)35/h3,5,7,12-13,15,29,32H,1,4,6,8-11,14H2,2H3,(H,31,34)(H,33,35). The van der Waals surface area contributed by atoms with Gasteiger partial charge in [0.1, 0.15) is 0 Å². The minimum absolute atomic E-state index is 0.0327. The summed E-state index contributed by atoms with van der Waals surface area (Å²) in [6.45, 7) is 4.72. The quantitative estimate of drug-likeness (QED) is 0.302. The number of nitrogens with one attached hydrogen (secondary N) is 4. The smallest absolute Gasteiger partial charge is 0.253 e.